The largest absolute Gasteiger partial charge is 0.496 e. The Morgan fingerprint density at radius 2 is 2.17 bits per heavy atom. The molecule has 0 atom stereocenters. The highest BCUT2D eigenvalue weighted by molar-refractivity contribution is 7.99. The Hall–Kier alpha value is -2.05. The van der Waals surface area contributed by atoms with Crippen molar-refractivity contribution in [3.05, 3.63) is 57.8 Å². The molecule has 1 aromatic heterocycles. The molecule has 4 nitrogen and oxygen atoms in total. The number of carboxylic acids is 1. The van der Waals surface area contributed by atoms with Crippen molar-refractivity contribution in [3.63, 3.8) is 0 Å². The molecule has 0 aliphatic heterocycles. The van der Waals surface area contributed by atoms with E-state index in [0.717, 1.165) is 10.4 Å². The summed E-state index contributed by atoms with van der Waals surface area (Å²) in [7, 11) is 1.55. The summed E-state index contributed by atoms with van der Waals surface area (Å²) < 4.78 is 5.27. The molecule has 0 unspecified atom stereocenters. The number of thioether (sulfide) groups is 1. The van der Waals surface area contributed by atoms with Crippen molar-refractivity contribution in [1.29, 1.82) is 0 Å². The summed E-state index contributed by atoms with van der Waals surface area (Å²) in [5.74, 6) is 0.192. The van der Waals surface area contributed by atoms with Crippen molar-refractivity contribution in [3.8, 4) is 5.75 Å². The molecule has 23 heavy (non-hydrogen) atoms. The van der Waals surface area contributed by atoms with Gasteiger partial charge in [0.25, 0.3) is 0 Å². The maximum Gasteiger partial charge on any atom is 0.313 e. The van der Waals surface area contributed by atoms with E-state index in [1.807, 2.05) is 17.5 Å². The molecule has 0 aliphatic rings. The van der Waals surface area contributed by atoms with Gasteiger partial charge < -0.3 is 9.84 Å². The summed E-state index contributed by atoms with van der Waals surface area (Å²) >= 11 is 2.83. The van der Waals surface area contributed by atoms with Gasteiger partial charge in [-0.15, -0.1) is 23.1 Å². The van der Waals surface area contributed by atoms with Crippen molar-refractivity contribution >= 4 is 40.9 Å². The normalized spacial score (nSPS) is 10.8. The summed E-state index contributed by atoms with van der Waals surface area (Å²) in [6.07, 6.45) is 3.33. The van der Waals surface area contributed by atoms with E-state index in [0.29, 0.717) is 17.1 Å². The van der Waals surface area contributed by atoms with E-state index in [2.05, 4.69) is 0 Å². The second-order valence-electron chi connectivity index (χ2n) is 4.63. The zero-order chi connectivity index (χ0) is 16.7. The highest BCUT2D eigenvalue weighted by Crippen LogP contribution is 2.25. The monoisotopic (exact) mass is 348 g/mol. The number of hydrogen-bond acceptors (Lipinski definition) is 5. The summed E-state index contributed by atoms with van der Waals surface area (Å²) in [4.78, 5) is 23.9. The van der Waals surface area contributed by atoms with Gasteiger partial charge in [-0.3, -0.25) is 9.59 Å². The van der Waals surface area contributed by atoms with Gasteiger partial charge in [0.05, 0.1) is 12.9 Å². The average molecular weight is 348 g/mol. The maximum absolute atomic E-state index is 12.2. The molecule has 0 radical (unpaired) electrons. The van der Waals surface area contributed by atoms with Gasteiger partial charge >= 0.3 is 5.97 Å². The number of thiophene rings is 1. The number of carbonyl (C=O) groups excluding carboxylic acids is 1. The first-order valence-corrected chi connectivity index (χ1v) is 8.86. The number of carboxylic acid groups (broad SMARTS) is 1. The molecule has 0 aliphatic carbocycles. The van der Waals surface area contributed by atoms with Crippen LogP contribution >= 0.6 is 23.1 Å². The Morgan fingerprint density at radius 3 is 2.83 bits per heavy atom. The number of aliphatic carboxylic acids is 1. The minimum absolute atomic E-state index is 0.0135. The fourth-order valence-electron chi connectivity index (χ4n) is 1.93. The standard InChI is InChI=1S/C17H16O4S2/c1-21-16-7-4-12(9-13(16)10-22-11-17(19)20)15(18)6-5-14-3-2-8-23-14/h2-9H,10-11H2,1H3,(H,19,20)/b6-5+. The number of benzene rings is 1. The molecular formula is C17H16O4S2. The predicted octanol–water partition coefficient (Wildman–Crippen LogP) is 3.97. The third-order valence-electron chi connectivity index (χ3n) is 2.99. The number of ketones is 1. The Kier molecular flexibility index (Phi) is 6.43. The van der Waals surface area contributed by atoms with Crippen molar-refractivity contribution in [2.45, 2.75) is 5.75 Å². The molecule has 2 rings (SSSR count). The lowest BCUT2D eigenvalue weighted by atomic mass is 10.1. The van der Waals surface area contributed by atoms with E-state index < -0.39 is 5.97 Å². The number of rotatable bonds is 8. The van der Waals surface area contributed by atoms with Gasteiger partial charge in [-0.2, -0.15) is 0 Å². The molecule has 0 spiro atoms. The average Bonchev–Trinajstić information content (AvgIpc) is 3.05. The van der Waals surface area contributed by atoms with Gasteiger partial charge in [-0.25, -0.2) is 0 Å². The van der Waals surface area contributed by atoms with Gasteiger partial charge in [-0.1, -0.05) is 6.07 Å². The van der Waals surface area contributed by atoms with E-state index in [1.54, 1.807) is 48.8 Å². The fraction of sp³-hybridized carbons (Fsp3) is 0.176. The lowest BCUT2D eigenvalue weighted by molar-refractivity contribution is -0.133. The van der Waals surface area contributed by atoms with Gasteiger partial charge in [-0.05, 0) is 41.8 Å². The maximum atomic E-state index is 12.2. The van der Waals surface area contributed by atoms with E-state index in [1.165, 1.54) is 11.8 Å². The lowest BCUT2D eigenvalue weighted by Crippen LogP contribution is -2.01. The molecule has 6 heteroatoms. The van der Waals surface area contributed by atoms with Crippen LogP contribution in [0.1, 0.15) is 20.8 Å². The van der Waals surface area contributed by atoms with Gasteiger partial charge in [0.15, 0.2) is 5.78 Å². The highest BCUT2D eigenvalue weighted by atomic mass is 32.2. The molecule has 0 amide bonds. The second-order valence-corrected chi connectivity index (χ2v) is 6.59. The van der Waals surface area contributed by atoms with Gasteiger partial charge in [0.1, 0.15) is 5.75 Å². The van der Waals surface area contributed by atoms with Crippen LogP contribution in [-0.2, 0) is 10.5 Å². The molecule has 2 aromatic rings. The first-order chi connectivity index (χ1) is 11.1. The van der Waals surface area contributed by atoms with Crippen LogP contribution in [0.2, 0.25) is 0 Å². The number of ether oxygens (including phenoxy) is 1. The van der Waals surface area contributed by atoms with Crippen LogP contribution in [0.3, 0.4) is 0 Å². The molecule has 0 saturated carbocycles. The number of hydrogen-bond donors (Lipinski definition) is 1. The topological polar surface area (TPSA) is 63.6 Å². The van der Waals surface area contributed by atoms with Crippen molar-refractivity contribution in [2.24, 2.45) is 0 Å². The minimum Gasteiger partial charge on any atom is -0.496 e. The summed E-state index contributed by atoms with van der Waals surface area (Å²) in [5, 5.41) is 10.7. The van der Waals surface area contributed by atoms with Crippen LogP contribution in [0.4, 0.5) is 0 Å². The van der Waals surface area contributed by atoms with E-state index in [-0.39, 0.29) is 11.5 Å². The van der Waals surface area contributed by atoms with Crippen molar-refractivity contribution in [2.75, 3.05) is 12.9 Å². The zero-order valence-electron chi connectivity index (χ0n) is 12.5. The Labute approximate surface area is 142 Å². The number of allylic oxidation sites excluding steroid dienone is 1. The van der Waals surface area contributed by atoms with Gasteiger partial charge in [0.2, 0.25) is 0 Å². The number of carbonyl (C=O) groups is 2. The molecule has 1 N–H and O–H groups in total. The summed E-state index contributed by atoms with van der Waals surface area (Å²) in [6, 6.07) is 9.08. The zero-order valence-corrected chi connectivity index (χ0v) is 14.2. The van der Waals surface area contributed by atoms with Crippen LogP contribution in [0.25, 0.3) is 6.08 Å². The van der Waals surface area contributed by atoms with E-state index in [9.17, 15) is 9.59 Å². The van der Waals surface area contributed by atoms with Crippen molar-refractivity contribution in [1.82, 2.24) is 0 Å². The molecule has 0 bridgehead atoms. The molecule has 0 fully saturated rings. The predicted molar refractivity (Wildman–Crippen MR) is 94.5 cm³/mol. The van der Waals surface area contributed by atoms with E-state index in [4.69, 9.17) is 9.84 Å². The molecule has 1 heterocycles. The Balaban J connectivity index is 2.12. The quantitative estimate of drug-likeness (QED) is 0.578. The van der Waals surface area contributed by atoms with Crippen LogP contribution in [0.15, 0.2) is 41.8 Å². The van der Waals surface area contributed by atoms with Crippen LogP contribution < -0.4 is 4.74 Å². The van der Waals surface area contributed by atoms with Crippen molar-refractivity contribution < 1.29 is 19.4 Å². The Morgan fingerprint density at radius 1 is 1.35 bits per heavy atom. The van der Waals surface area contributed by atoms with Crippen LogP contribution in [0, 0.1) is 0 Å². The first kappa shape index (κ1) is 17.3. The third kappa shape index (κ3) is 5.26. The Bertz CT molecular complexity index is 705. The minimum atomic E-state index is -0.861. The molecule has 120 valence electrons. The lowest BCUT2D eigenvalue weighted by Gasteiger charge is -2.09. The number of methoxy groups -OCH3 is 1. The van der Waals surface area contributed by atoms with E-state index >= 15 is 0 Å². The third-order valence-corrected chi connectivity index (χ3v) is 4.79. The molecular weight excluding hydrogens is 332 g/mol. The molecule has 1 aromatic carbocycles. The highest BCUT2D eigenvalue weighted by Gasteiger charge is 2.09. The van der Waals surface area contributed by atoms with Gasteiger partial charge in [0, 0.05) is 21.8 Å². The fourth-order valence-corrected chi connectivity index (χ4v) is 3.27. The molecule has 0 saturated heterocycles. The summed E-state index contributed by atoms with van der Waals surface area (Å²) in [6.45, 7) is 0. The second kappa shape index (κ2) is 8.55. The first-order valence-electron chi connectivity index (χ1n) is 6.82. The SMILES string of the molecule is COc1ccc(C(=O)/C=C/c2cccs2)cc1CSCC(=O)O. The summed E-state index contributed by atoms with van der Waals surface area (Å²) in [5.41, 5.74) is 1.37. The smallest absolute Gasteiger partial charge is 0.313 e. The van der Waals surface area contributed by atoms with Crippen LogP contribution in [0.5, 0.6) is 5.75 Å². The van der Waals surface area contributed by atoms with Crippen LogP contribution in [-0.4, -0.2) is 29.7 Å².